The van der Waals surface area contributed by atoms with Crippen molar-refractivity contribution in [2.24, 2.45) is 5.92 Å². The highest BCUT2D eigenvalue weighted by atomic mass is 16.2. The Bertz CT molecular complexity index is 744. The number of nitrogens with one attached hydrogen (secondary N) is 1. The summed E-state index contributed by atoms with van der Waals surface area (Å²) in [5, 5.41) is 3.09. The normalized spacial score (nSPS) is 22.3. The molecule has 6 heteroatoms. The Morgan fingerprint density at radius 1 is 0.812 bits per heavy atom. The van der Waals surface area contributed by atoms with Gasteiger partial charge in [0.15, 0.2) is 0 Å². The number of likely N-dealkylation sites (tertiary alicyclic amines) is 2. The van der Waals surface area contributed by atoms with E-state index in [-0.39, 0.29) is 17.9 Å². The number of anilines is 2. The molecule has 3 aliphatic rings. The smallest absolute Gasteiger partial charge is 0.241 e. The van der Waals surface area contributed by atoms with Gasteiger partial charge in [-0.3, -0.25) is 14.5 Å². The maximum Gasteiger partial charge on any atom is 0.241 e. The van der Waals surface area contributed by atoms with E-state index in [9.17, 15) is 9.59 Å². The molecule has 4 rings (SSSR count). The summed E-state index contributed by atoms with van der Waals surface area (Å²) < 4.78 is 0. The zero-order valence-electron chi connectivity index (χ0n) is 19.7. The zero-order chi connectivity index (χ0) is 22.3. The predicted molar refractivity (Wildman–Crippen MR) is 130 cm³/mol. The number of rotatable bonds is 5. The molecule has 3 heterocycles. The molecule has 0 radical (unpaired) electrons. The van der Waals surface area contributed by atoms with E-state index in [1.54, 1.807) is 0 Å². The quantitative estimate of drug-likeness (QED) is 0.748. The van der Waals surface area contributed by atoms with Crippen LogP contribution in [0.25, 0.3) is 0 Å². The molecule has 3 aliphatic heterocycles. The maximum atomic E-state index is 12.9. The molecule has 3 saturated heterocycles. The molecule has 1 aromatic rings. The number of hydrogen-bond donors (Lipinski definition) is 1. The summed E-state index contributed by atoms with van der Waals surface area (Å²) in [5.41, 5.74) is 2.10. The SMILES string of the molecule is C[C@@H](C(=O)Nc1ccc(N2CCCCC2)cc1)N1CCC(C(=O)N2CCCCCC2)CC1. The van der Waals surface area contributed by atoms with Gasteiger partial charge in [0.05, 0.1) is 6.04 Å². The highest BCUT2D eigenvalue weighted by Gasteiger charge is 2.32. The first-order valence-electron chi connectivity index (χ1n) is 12.8. The van der Waals surface area contributed by atoms with Gasteiger partial charge in [0, 0.05) is 43.5 Å². The lowest BCUT2D eigenvalue weighted by molar-refractivity contribution is -0.137. The fourth-order valence-electron chi connectivity index (χ4n) is 5.40. The molecule has 176 valence electrons. The number of nitrogens with zero attached hydrogens (tertiary/aromatic N) is 3. The molecule has 2 amide bonds. The van der Waals surface area contributed by atoms with Gasteiger partial charge in [-0.1, -0.05) is 12.8 Å². The summed E-state index contributed by atoms with van der Waals surface area (Å²) in [6.45, 7) is 7.70. The van der Waals surface area contributed by atoms with E-state index < -0.39 is 0 Å². The molecule has 0 bridgehead atoms. The second-order valence-electron chi connectivity index (χ2n) is 9.81. The third-order valence-electron chi connectivity index (χ3n) is 7.58. The van der Waals surface area contributed by atoms with Crippen molar-refractivity contribution < 1.29 is 9.59 Å². The van der Waals surface area contributed by atoms with Crippen LogP contribution < -0.4 is 10.2 Å². The topological polar surface area (TPSA) is 55.9 Å². The second kappa shape index (κ2) is 11.2. The van der Waals surface area contributed by atoms with Crippen molar-refractivity contribution in [2.75, 3.05) is 49.5 Å². The average molecular weight is 441 g/mol. The minimum absolute atomic E-state index is 0.0352. The molecule has 1 N–H and O–H groups in total. The average Bonchev–Trinajstić information content (AvgIpc) is 3.14. The molecule has 1 atom stereocenters. The van der Waals surface area contributed by atoms with Crippen LogP contribution in [-0.2, 0) is 9.59 Å². The van der Waals surface area contributed by atoms with Gasteiger partial charge in [-0.05, 0) is 89.2 Å². The number of piperidine rings is 2. The molecule has 32 heavy (non-hydrogen) atoms. The first-order chi connectivity index (χ1) is 15.6. The number of amides is 2. The van der Waals surface area contributed by atoms with Crippen LogP contribution in [0.15, 0.2) is 24.3 Å². The monoisotopic (exact) mass is 440 g/mol. The van der Waals surface area contributed by atoms with E-state index in [1.807, 2.05) is 19.1 Å². The fraction of sp³-hybridized carbons (Fsp3) is 0.692. The van der Waals surface area contributed by atoms with Crippen molar-refractivity contribution in [3.63, 3.8) is 0 Å². The summed E-state index contributed by atoms with van der Waals surface area (Å²) in [5.74, 6) is 0.507. The van der Waals surface area contributed by atoms with Gasteiger partial charge in [0.2, 0.25) is 11.8 Å². The molecule has 0 aromatic heterocycles. The van der Waals surface area contributed by atoms with Crippen LogP contribution in [0.5, 0.6) is 0 Å². The van der Waals surface area contributed by atoms with Crippen LogP contribution in [-0.4, -0.2) is 66.9 Å². The molecule has 3 fully saturated rings. The Kier molecular flexibility index (Phi) is 8.06. The molecular formula is C26H40N4O2. The lowest BCUT2D eigenvalue weighted by Crippen LogP contribution is -2.48. The van der Waals surface area contributed by atoms with Crippen LogP contribution in [0, 0.1) is 5.92 Å². The van der Waals surface area contributed by atoms with Crippen molar-refractivity contribution >= 4 is 23.2 Å². The van der Waals surface area contributed by atoms with Gasteiger partial charge in [0.25, 0.3) is 0 Å². The summed E-state index contributed by atoms with van der Waals surface area (Å²) >= 11 is 0. The van der Waals surface area contributed by atoms with Crippen LogP contribution in [0.4, 0.5) is 11.4 Å². The second-order valence-corrected chi connectivity index (χ2v) is 9.81. The molecular weight excluding hydrogens is 400 g/mol. The van der Waals surface area contributed by atoms with Gasteiger partial charge < -0.3 is 15.1 Å². The zero-order valence-corrected chi connectivity index (χ0v) is 19.7. The number of hydrogen-bond acceptors (Lipinski definition) is 4. The van der Waals surface area contributed by atoms with Gasteiger partial charge >= 0.3 is 0 Å². The summed E-state index contributed by atoms with van der Waals surface area (Å²) in [6, 6.07) is 8.07. The fourth-order valence-corrected chi connectivity index (χ4v) is 5.40. The lowest BCUT2D eigenvalue weighted by atomic mass is 9.94. The van der Waals surface area contributed by atoms with Crippen molar-refractivity contribution in [3.8, 4) is 0 Å². The Morgan fingerprint density at radius 3 is 2.00 bits per heavy atom. The highest BCUT2D eigenvalue weighted by Crippen LogP contribution is 2.25. The molecule has 6 nitrogen and oxygen atoms in total. The predicted octanol–water partition coefficient (Wildman–Crippen LogP) is 4.12. The van der Waals surface area contributed by atoms with Gasteiger partial charge in [-0.25, -0.2) is 0 Å². The van der Waals surface area contributed by atoms with Crippen LogP contribution >= 0.6 is 0 Å². The van der Waals surface area contributed by atoms with Crippen molar-refractivity contribution in [1.29, 1.82) is 0 Å². The van der Waals surface area contributed by atoms with Crippen molar-refractivity contribution in [3.05, 3.63) is 24.3 Å². The van der Waals surface area contributed by atoms with Crippen LogP contribution in [0.2, 0.25) is 0 Å². The van der Waals surface area contributed by atoms with Gasteiger partial charge in [-0.15, -0.1) is 0 Å². The minimum Gasteiger partial charge on any atom is -0.372 e. The van der Waals surface area contributed by atoms with E-state index in [0.29, 0.717) is 5.91 Å². The highest BCUT2D eigenvalue weighted by molar-refractivity contribution is 5.94. The lowest BCUT2D eigenvalue weighted by Gasteiger charge is -2.36. The molecule has 0 aliphatic carbocycles. The van der Waals surface area contributed by atoms with Gasteiger partial charge in [-0.2, -0.15) is 0 Å². The van der Waals surface area contributed by atoms with E-state index in [1.165, 1.54) is 37.8 Å². The van der Waals surface area contributed by atoms with Crippen LogP contribution in [0.3, 0.4) is 0 Å². The molecule has 0 saturated carbocycles. The Labute approximate surface area is 193 Å². The largest absolute Gasteiger partial charge is 0.372 e. The van der Waals surface area contributed by atoms with E-state index in [4.69, 9.17) is 0 Å². The summed E-state index contributed by atoms with van der Waals surface area (Å²) in [7, 11) is 0. The number of carbonyl (C=O) groups excluding carboxylic acids is 2. The van der Waals surface area contributed by atoms with E-state index in [2.05, 4.69) is 32.1 Å². The van der Waals surface area contributed by atoms with Gasteiger partial charge in [0.1, 0.15) is 0 Å². The Hall–Kier alpha value is -2.08. The Balaban J connectivity index is 1.24. The maximum absolute atomic E-state index is 12.9. The third kappa shape index (κ3) is 5.83. The number of carbonyl (C=O) groups is 2. The molecule has 0 unspecified atom stereocenters. The van der Waals surface area contributed by atoms with Crippen molar-refractivity contribution in [2.45, 2.75) is 70.8 Å². The Morgan fingerprint density at radius 2 is 1.38 bits per heavy atom. The summed E-state index contributed by atoms with van der Waals surface area (Å²) in [4.78, 5) is 32.5. The van der Waals surface area contributed by atoms with Crippen molar-refractivity contribution in [1.82, 2.24) is 9.80 Å². The third-order valence-corrected chi connectivity index (χ3v) is 7.58. The molecule has 0 spiro atoms. The molecule has 1 aromatic carbocycles. The van der Waals surface area contributed by atoms with E-state index in [0.717, 1.165) is 70.6 Å². The summed E-state index contributed by atoms with van der Waals surface area (Å²) in [6.07, 6.45) is 10.3. The first-order valence-corrected chi connectivity index (χ1v) is 12.8. The van der Waals surface area contributed by atoms with E-state index >= 15 is 0 Å². The number of benzene rings is 1. The van der Waals surface area contributed by atoms with Crippen LogP contribution in [0.1, 0.15) is 64.7 Å². The standard InChI is InChI=1S/C26H40N4O2/c1-21(25(31)27-23-9-11-24(12-10-23)29-15-7-4-8-16-29)28-19-13-22(14-20-28)26(32)30-17-5-2-3-6-18-30/h9-12,21-22H,2-8,13-20H2,1H3,(H,27,31)/t21-/m0/s1. The minimum atomic E-state index is -0.189. The first kappa shape index (κ1) is 23.1.